The van der Waals surface area contributed by atoms with E-state index >= 15 is 0 Å². The van der Waals surface area contributed by atoms with Crippen LogP contribution in [0.1, 0.15) is 56.8 Å². The van der Waals surface area contributed by atoms with Gasteiger partial charge in [0.15, 0.2) is 0 Å². The van der Waals surface area contributed by atoms with Gasteiger partial charge in [0.05, 0.1) is 0 Å². The summed E-state index contributed by atoms with van der Waals surface area (Å²) in [6, 6.07) is 1.85. The monoisotopic (exact) mass is 317 g/mol. The molecule has 0 radical (unpaired) electrons. The number of carbonyl (C=O) groups excluding carboxylic acids is 1. The largest absolute Gasteiger partial charge is 0.336 e. The molecule has 0 atom stereocenters. The Kier molecular flexibility index (Phi) is 5.69. The molecule has 0 aromatic carbocycles. The van der Waals surface area contributed by atoms with E-state index in [1.54, 1.807) is 10.7 Å². The summed E-state index contributed by atoms with van der Waals surface area (Å²) in [6.07, 6.45) is 3.64. The summed E-state index contributed by atoms with van der Waals surface area (Å²) in [5.74, 6) is 1.72. The summed E-state index contributed by atoms with van der Waals surface area (Å²) in [7, 11) is 0. The highest BCUT2D eigenvalue weighted by atomic mass is 16.2. The number of rotatable bonds is 7. The normalized spacial score (nSPS) is 11.6. The Labute approximate surface area is 137 Å². The van der Waals surface area contributed by atoms with Gasteiger partial charge < -0.3 is 4.90 Å². The zero-order valence-corrected chi connectivity index (χ0v) is 14.8. The fourth-order valence-electron chi connectivity index (χ4n) is 2.28. The van der Waals surface area contributed by atoms with E-state index in [2.05, 4.69) is 42.8 Å². The van der Waals surface area contributed by atoms with Gasteiger partial charge in [0.25, 0.3) is 11.7 Å². The van der Waals surface area contributed by atoms with Crippen LogP contribution in [-0.2, 0) is 0 Å². The molecule has 6 heteroatoms. The minimum Gasteiger partial charge on any atom is -0.336 e. The lowest BCUT2D eigenvalue weighted by atomic mass is 10.1. The van der Waals surface area contributed by atoms with Crippen molar-refractivity contribution in [1.29, 1.82) is 0 Å². The number of hydrogen-bond acceptors (Lipinski definition) is 4. The SMILES string of the molecule is Cc1ccnc2nc(C(=O)N(CCC(C)C)CCC(C)C)nn12. The van der Waals surface area contributed by atoms with Crippen molar-refractivity contribution in [2.45, 2.75) is 47.5 Å². The van der Waals surface area contributed by atoms with Gasteiger partial charge in [0.1, 0.15) is 0 Å². The van der Waals surface area contributed by atoms with Crippen LogP contribution in [0.4, 0.5) is 0 Å². The van der Waals surface area contributed by atoms with Gasteiger partial charge >= 0.3 is 0 Å². The van der Waals surface area contributed by atoms with Crippen LogP contribution in [0.15, 0.2) is 12.3 Å². The van der Waals surface area contributed by atoms with Crippen LogP contribution in [-0.4, -0.2) is 43.5 Å². The van der Waals surface area contributed by atoms with E-state index in [0.717, 1.165) is 31.6 Å². The molecule has 126 valence electrons. The number of carbonyl (C=O) groups is 1. The molecule has 2 rings (SSSR count). The molecule has 0 aliphatic rings. The minimum absolute atomic E-state index is 0.101. The van der Waals surface area contributed by atoms with Crippen molar-refractivity contribution >= 4 is 11.7 Å². The van der Waals surface area contributed by atoms with Gasteiger partial charge in [-0.2, -0.15) is 4.98 Å². The molecule has 2 heterocycles. The molecule has 6 nitrogen and oxygen atoms in total. The van der Waals surface area contributed by atoms with Crippen LogP contribution in [0.3, 0.4) is 0 Å². The van der Waals surface area contributed by atoms with E-state index in [1.165, 1.54) is 0 Å². The third-order valence-electron chi connectivity index (χ3n) is 3.86. The number of amides is 1. The van der Waals surface area contributed by atoms with Gasteiger partial charge in [-0.3, -0.25) is 4.79 Å². The highest BCUT2D eigenvalue weighted by Gasteiger charge is 2.21. The number of hydrogen-bond donors (Lipinski definition) is 0. The summed E-state index contributed by atoms with van der Waals surface area (Å²) in [5.41, 5.74) is 0.914. The Hall–Kier alpha value is -1.98. The van der Waals surface area contributed by atoms with Crippen LogP contribution in [0.5, 0.6) is 0 Å². The second-order valence-corrected chi connectivity index (χ2v) is 6.89. The first-order chi connectivity index (χ1) is 10.9. The predicted molar refractivity (Wildman–Crippen MR) is 90.3 cm³/mol. The van der Waals surface area contributed by atoms with Gasteiger partial charge in [0.2, 0.25) is 5.82 Å². The van der Waals surface area contributed by atoms with Crippen molar-refractivity contribution in [3.8, 4) is 0 Å². The molecule has 1 amide bonds. The van der Waals surface area contributed by atoms with Crippen molar-refractivity contribution in [1.82, 2.24) is 24.5 Å². The topological polar surface area (TPSA) is 63.4 Å². The van der Waals surface area contributed by atoms with E-state index in [1.807, 2.05) is 17.9 Å². The van der Waals surface area contributed by atoms with Crippen molar-refractivity contribution in [3.05, 3.63) is 23.8 Å². The smallest absolute Gasteiger partial charge is 0.293 e. The van der Waals surface area contributed by atoms with E-state index in [4.69, 9.17) is 0 Å². The lowest BCUT2D eigenvalue weighted by Gasteiger charge is -2.23. The van der Waals surface area contributed by atoms with Crippen molar-refractivity contribution < 1.29 is 4.79 Å². The lowest BCUT2D eigenvalue weighted by molar-refractivity contribution is 0.0728. The molecular weight excluding hydrogens is 290 g/mol. The summed E-state index contributed by atoms with van der Waals surface area (Å²) >= 11 is 0. The van der Waals surface area contributed by atoms with Crippen molar-refractivity contribution in [2.24, 2.45) is 11.8 Å². The van der Waals surface area contributed by atoms with Crippen LogP contribution in [0.2, 0.25) is 0 Å². The van der Waals surface area contributed by atoms with Gasteiger partial charge in [0, 0.05) is 25.0 Å². The van der Waals surface area contributed by atoms with E-state index in [9.17, 15) is 4.79 Å². The van der Waals surface area contributed by atoms with Gasteiger partial charge in [-0.05, 0) is 37.7 Å². The molecule has 0 aliphatic heterocycles. The van der Waals surface area contributed by atoms with Crippen LogP contribution in [0.25, 0.3) is 5.78 Å². The maximum atomic E-state index is 12.8. The lowest BCUT2D eigenvalue weighted by Crippen LogP contribution is -2.34. The van der Waals surface area contributed by atoms with E-state index in [-0.39, 0.29) is 11.7 Å². The zero-order chi connectivity index (χ0) is 17.0. The van der Waals surface area contributed by atoms with Gasteiger partial charge in [-0.1, -0.05) is 27.7 Å². The molecule has 0 unspecified atom stereocenters. The Balaban J connectivity index is 2.20. The Morgan fingerprint density at radius 1 is 1.17 bits per heavy atom. The minimum atomic E-state index is -0.101. The standard InChI is InChI=1S/C17H27N5O/c1-12(2)7-10-21(11-8-13(3)4)16(23)15-19-17-18-9-6-14(5)22(17)20-15/h6,9,12-13H,7-8,10-11H2,1-5H3. The molecule has 2 aromatic rings. The molecule has 0 aliphatic carbocycles. The molecule has 0 spiro atoms. The number of aryl methyl sites for hydroxylation is 1. The Morgan fingerprint density at radius 3 is 2.30 bits per heavy atom. The average molecular weight is 317 g/mol. The summed E-state index contributed by atoms with van der Waals surface area (Å²) in [5, 5.41) is 4.34. The fraction of sp³-hybridized carbons (Fsp3) is 0.647. The highest BCUT2D eigenvalue weighted by molar-refractivity contribution is 5.90. The molecule has 0 N–H and O–H groups in total. The average Bonchev–Trinajstić information content (AvgIpc) is 2.91. The molecule has 0 saturated heterocycles. The van der Waals surface area contributed by atoms with Gasteiger partial charge in [-0.15, -0.1) is 5.10 Å². The van der Waals surface area contributed by atoms with Crippen molar-refractivity contribution in [2.75, 3.05) is 13.1 Å². The number of nitrogens with zero attached hydrogens (tertiary/aromatic N) is 5. The predicted octanol–water partition coefficient (Wildman–Crippen LogP) is 2.97. The van der Waals surface area contributed by atoms with E-state index < -0.39 is 0 Å². The number of aromatic nitrogens is 4. The molecule has 0 fully saturated rings. The Morgan fingerprint density at radius 2 is 1.78 bits per heavy atom. The molecule has 0 saturated carbocycles. The second-order valence-electron chi connectivity index (χ2n) is 6.89. The highest BCUT2D eigenvalue weighted by Crippen LogP contribution is 2.10. The third-order valence-corrected chi connectivity index (χ3v) is 3.86. The van der Waals surface area contributed by atoms with Crippen LogP contribution in [0, 0.1) is 18.8 Å². The fourth-order valence-corrected chi connectivity index (χ4v) is 2.28. The molecule has 23 heavy (non-hydrogen) atoms. The van der Waals surface area contributed by atoms with E-state index in [0.29, 0.717) is 17.6 Å². The van der Waals surface area contributed by atoms with Gasteiger partial charge in [-0.25, -0.2) is 9.50 Å². The first-order valence-electron chi connectivity index (χ1n) is 8.36. The Bertz CT molecular complexity index is 650. The zero-order valence-electron chi connectivity index (χ0n) is 14.8. The van der Waals surface area contributed by atoms with Crippen LogP contribution >= 0.6 is 0 Å². The first-order valence-corrected chi connectivity index (χ1v) is 8.36. The van der Waals surface area contributed by atoms with Crippen molar-refractivity contribution in [3.63, 3.8) is 0 Å². The molecular formula is C17H27N5O. The molecule has 2 aromatic heterocycles. The quantitative estimate of drug-likeness (QED) is 0.787. The summed E-state index contributed by atoms with van der Waals surface area (Å²) < 4.78 is 1.62. The number of fused-ring (bicyclic) bond motifs is 1. The second kappa shape index (κ2) is 7.53. The summed E-state index contributed by atoms with van der Waals surface area (Å²) in [6.45, 7) is 12.1. The maximum absolute atomic E-state index is 12.8. The maximum Gasteiger partial charge on any atom is 0.293 e. The third kappa shape index (κ3) is 4.50. The summed E-state index contributed by atoms with van der Waals surface area (Å²) in [4.78, 5) is 23.2. The molecule has 0 bridgehead atoms. The van der Waals surface area contributed by atoms with Crippen LogP contribution < -0.4 is 0 Å². The first kappa shape index (κ1) is 17.4.